The van der Waals surface area contributed by atoms with Crippen LogP contribution in [0.15, 0.2) is 0 Å². The molecule has 0 bridgehead atoms. The number of rotatable bonds is 3. The van der Waals surface area contributed by atoms with Gasteiger partial charge in [0.1, 0.15) is 0 Å². The second kappa shape index (κ2) is 5.85. The molecular weight excluding hydrogens is 234 g/mol. The monoisotopic (exact) mass is 260 g/mol. The summed E-state index contributed by atoms with van der Waals surface area (Å²) in [5, 5.41) is 10.4. The van der Waals surface area contributed by atoms with E-state index in [0.29, 0.717) is 6.42 Å². The van der Waals surface area contributed by atoms with Crippen molar-refractivity contribution in [1.29, 1.82) is 0 Å². The Morgan fingerprint density at radius 2 is 1.78 bits per heavy atom. The van der Waals surface area contributed by atoms with Crippen LogP contribution in [-0.2, 0) is 0 Å². The standard InChI is InChI=1S/C15H26F2O/c1-2-11-5-7-12(8-6-11)14(18)13-4-3-9-15(16,17)10-13/h11-14,18H,2-10H2,1H3. The Bertz CT molecular complexity index is 259. The fourth-order valence-corrected chi connectivity index (χ4v) is 3.83. The van der Waals surface area contributed by atoms with Crippen LogP contribution in [0.5, 0.6) is 0 Å². The van der Waals surface area contributed by atoms with E-state index >= 15 is 0 Å². The largest absolute Gasteiger partial charge is 0.393 e. The van der Waals surface area contributed by atoms with E-state index in [-0.39, 0.29) is 24.7 Å². The molecule has 106 valence electrons. The molecular formula is C15H26F2O. The van der Waals surface area contributed by atoms with Gasteiger partial charge in [-0.2, -0.15) is 0 Å². The zero-order valence-electron chi connectivity index (χ0n) is 11.4. The van der Waals surface area contributed by atoms with E-state index in [4.69, 9.17) is 0 Å². The van der Waals surface area contributed by atoms with Gasteiger partial charge in [0.25, 0.3) is 0 Å². The molecule has 0 aromatic heterocycles. The summed E-state index contributed by atoms with van der Waals surface area (Å²) < 4.78 is 26.8. The lowest BCUT2D eigenvalue weighted by Gasteiger charge is -2.38. The van der Waals surface area contributed by atoms with Crippen molar-refractivity contribution in [2.24, 2.45) is 17.8 Å². The lowest BCUT2D eigenvalue weighted by Crippen LogP contribution is -2.38. The zero-order valence-corrected chi connectivity index (χ0v) is 11.4. The summed E-state index contributed by atoms with van der Waals surface area (Å²) >= 11 is 0. The van der Waals surface area contributed by atoms with E-state index in [9.17, 15) is 13.9 Å². The summed E-state index contributed by atoms with van der Waals surface area (Å²) in [6, 6.07) is 0. The van der Waals surface area contributed by atoms with Crippen molar-refractivity contribution in [3.05, 3.63) is 0 Å². The SMILES string of the molecule is CCC1CCC(C(O)C2CCCC(F)(F)C2)CC1. The van der Waals surface area contributed by atoms with Gasteiger partial charge in [-0.1, -0.05) is 26.2 Å². The van der Waals surface area contributed by atoms with Crippen molar-refractivity contribution in [3.8, 4) is 0 Å². The van der Waals surface area contributed by atoms with E-state index < -0.39 is 12.0 Å². The smallest absolute Gasteiger partial charge is 0.248 e. The quantitative estimate of drug-likeness (QED) is 0.798. The highest BCUT2D eigenvalue weighted by Gasteiger charge is 2.41. The Kier molecular flexibility index (Phi) is 4.63. The van der Waals surface area contributed by atoms with Crippen molar-refractivity contribution in [3.63, 3.8) is 0 Å². The lowest BCUT2D eigenvalue weighted by atomic mass is 9.72. The second-order valence-corrected chi connectivity index (χ2v) is 6.39. The predicted octanol–water partition coefficient (Wildman–Crippen LogP) is 4.39. The van der Waals surface area contributed by atoms with E-state index in [1.54, 1.807) is 0 Å². The minimum absolute atomic E-state index is 0.0127. The van der Waals surface area contributed by atoms with Gasteiger partial charge < -0.3 is 5.11 Å². The Morgan fingerprint density at radius 3 is 2.33 bits per heavy atom. The van der Waals surface area contributed by atoms with Crippen LogP contribution in [-0.4, -0.2) is 17.1 Å². The van der Waals surface area contributed by atoms with Gasteiger partial charge >= 0.3 is 0 Å². The first-order valence-electron chi connectivity index (χ1n) is 7.57. The number of aliphatic hydroxyl groups is 1. The molecule has 0 aliphatic heterocycles. The van der Waals surface area contributed by atoms with Gasteiger partial charge in [-0.3, -0.25) is 0 Å². The van der Waals surface area contributed by atoms with E-state index in [1.165, 1.54) is 19.3 Å². The Morgan fingerprint density at radius 1 is 1.11 bits per heavy atom. The molecule has 2 fully saturated rings. The third-order valence-corrected chi connectivity index (χ3v) is 5.11. The second-order valence-electron chi connectivity index (χ2n) is 6.39. The minimum atomic E-state index is -2.54. The van der Waals surface area contributed by atoms with Crippen LogP contribution in [0.3, 0.4) is 0 Å². The van der Waals surface area contributed by atoms with Crippen LogP contribution >= 0.6 is 0 Å². The van der Waals surface area contributed by atoms with Crippen molar-refractivity contribution in [2.45, 2.75) is 76.7 Å². The van der Waals surface area contributed by atoms with Crippen molar-refractivity contribution < 1.29 is 13.9 Å². The topological polar surface area (TPSA) is 20.2 Å². The predicted molar refractivity (Wildman–Crippen MR) is 68.7 cm³/mol. The molecule has 3 heteroatoms. The Balaban J connectivity index is 1.85. The number of halogens is 2. The van der Waals surface area contributed by atoms with Crippen LogP contribution in [0.4, 0.5) is 8.78 Å². The molecule has 0 radical (unpaired) electrons. The van der Waals surface area contributed by atoms with Gasteiger partial charge in [-0.15, -0.1) is 0 Å². The molecule has 18 heavy (non-hydrogen) atoms. The average molecular weight is 260 g/mol. The van der Waals surface area contributed by atoms with Gasteiger partial charge in [0, 0.05) is 12.8 Å². The number of alkyl halides is 2. The summed E-state index contributed by atoms with van der Waals surface area (Å²) in [6.45, 7) is 2.21. The maximum Gasteiger partial charge on any atom is 0.248 e. The summed E-state index contributed by atoms with van der Waals surface area (Å²) in [5.41, 5.74) is 0. The number of aliphatic hydroxyl groups excluding tert-OH is 1. The zero-order chi connectivity index (χ0) is 13.2. The Labute approximate surface area is 109 Å². The summed E-state index contributed by atoms with van der Waals surface area (Å²) in [6.07, 6.45) is 6.38. The van der Waals surface area contributed by atoms with Crippen molar-refractivity contribution in [1.82, 2.24) is 0 Å². The van der Waals surface area contributed by atoms with Crippen LogP contribution in [0.2, 0.25) is 0 Å². The van der Waals surface area contributed by atoms with Crippen LogP contribution < -0.4 is 0 Å². The number of hydrogen-bond acceptors (Lipinski definition) is 1. The van der Waals surface area contributed by atoms with Crippen LogP contribution in [0, 0.1) is 17.8 Å². The molecule has 2 aliphatic rings. The molecule has 1 nitrogen and oxygen atoms in total. The van der Waals surface area contributed by atoms with Crippen molar-refractivity contribution in [2.75, 3.05) is 0 Å². The van der Waals surface area contributed by atoms with E-state index in [0.717, 1.165) is 25.2 Å². The molecule has 2 aliphatic carbocycles. The fraction of sp³-hybridized carbons (Fsp3) is 1.00. The molecule has 2 atom stereocenters. The molecule has 2 unspecified atom stereocenters. The molecule has 2 rings (SSSR count). The van der Waals surface area contributed by atoms with E-state index in [1.807, 2.05) is 0 Å². The van der Waals surface area contributed by atoms with Gasteiger partial charge in [-0.25, -0.2) is 8.78 Å². The first-order valence-corrected chi connectivity index (χ1v) is 7.57. The minimum Gasteiger partial charge on any atom is -0.393 e. The molecule has 0 amide bonds. The molecule has 0 saturated heterocycles. The van der Waals surface area contributed by atoms with Crippen molar-refractivity contribution >= 4 is 0 Å². The average Bonchev–Trinajstić information content (AvgIpc) is 2.37. The van der Waals surface area contributed by atoms with Crippen LogP contribution in [0.1, 0.15) is 64.7 Å². The summed E-state index contributed by atoms with van der Waals surface area (Å²) in [4.78, 5) is 0. The molecule has 0 heterocycles. The molecule has 0 aromatic carbocycles. The Hall–Kier alpha value is -0.180. The highest BCUT2D eigenvalue weighted by molar-refractivity contribution is 4.87. The number of hydrogen-bond donors (Lipinski definition) is 1. The van der Waals surface area contributed by atoms with Crippen LogP contribution in [0.25, 0.3) is 0 Å². The summed E-state index contributed by atoms with van der Waals surface area (Å²) in [5.74, 6) is -1.64. The molecule has 0 aromatic rings. The maximum absolute atomic E-state index is 13.4. The third kappa shape index (κ3) is 3.43. The maximum atomic E-state index is 13.4. The molecule has 1 N–H and O–H groups in total. The van der Waals surface area contributed by atoms with Gasteiger partial charge in [0.2, 0.25) is 5.92 Å². The lowest BCUT2D eigenvalue weighted by molar-refractivity contribution is -0.0887. The molecule has 0 spiro atoms. The normalized spacial score (nSPS) is 38.3. The highest BCUT2D eigenvalue weighted by atomic mass is 19.3. The van der Waals surface area contributed by atoms with Gasteiger partial charge in [0.05, 0.1) is 6.10 Å². The first-order chi connectivity index (χ1) is 8.52. The fourth-order valence-electron chi connectivity index (χ4n) is 3.83. The highest BCUT2D eigenvalue weighted by Crippen LogP contribution is 2.42. The molecule has 2 saturated carbocycles. The van der Waals surface area contributed by atoms with Gasteiger partial charge in [0.15, 0.2) is 0 Å². The first kappa shape index (κ1) is 14.2. The third-order valence-electron chi connectivity index (χ3n) is 5.11. The summed E-state index contributed by atoms with van der Waals surface area (Å²) in [7, 11) is 0. The van der Waals surface area contributed by atoms with Gasteiger partial charge in [-0.05, 0) is 43.4 Å². The van der Waals surface area contributed by atoms with E-state index in [2.05, 4.69) is 6.92 Å².